The average Bonchev–Trinajstić information content (AvgIpc) is 2.52. The van der Waals surface area contributed by atoms with Gasteiger partial charge in [-0.2, -0.15) is 0 Å². The number of anilines is 1. The van der Waals surface area contributed by atoms with E-state index in [1.54, 1.807) is 13.0 Å². The molecular weight excluding hydrogens is 268 g/mol. The van der Waals surface area contributed by atoms with Gasteiger partial charge in [-0.25, -0.2) is 18.2 Å². The molecule has 1 aliphatic heterocycles. The predicted octanol–water partition coefficient (Wildman–Crippen LogP) is 1.08. The first-order valence-corrected chi connectivity index (χ1v) is 7.72. The minimum absolute atomic E-state index is 0.0708. The third kappa shape index (κ3) is 3.04. The van der Waals surface area contributed by atoms with Crippen molar-refractivity contribution in [3.8, 4) is 0 Å². The van der Waals surface area contributed by atoms with E-state index in [0.717, 1.165) is 0 Å². The molecule has 2 N–H and O–H groups in total. The van der Waals surface area contributed by atoms with E-state index < -0.39 is 21.3 Å². The number of nitrogens with zero attached hydrogens (tertiary/aromatic N) is 1. The Labute approximate surface area is 111 Å². The highest BCUT2D eigenvalue weighted by molar-refractivity contribution is 7.91. The van der Waals surface area contributed by atoms with E-state index in [1.165, 1.54) is 6.07 Å². The summed E-state index contributed by atoms with van der Waals surface area (Å²) >= 11 is 0. The molecule has 6 nitrogen and oxygen atoms in total. The van der Waals surface area contributed by atoms with Gasteiger partial charge in [-0.1, -0.05) is 0 Å². The number of pyridine rings is 1. The van der Waals surface area contributed by atoms with Crippen molar-refractivity contribution in [2.75, 3.05) is 16.8 Å². The fourth-order valence-corrected chi connectivity index (χ4v) is 4.37. The van der Waals surface area contributed by atoms with E-state index in [2.05, 4.69) is 10.3 Å². The molecule has 1 aliphatic rings. The van der Waals surface area contributed by atoms with Crippen LogP contribution in [0.25, 0.3) is 0 Å². The second kappa shape index (κ2) is 4.48. The number of carboxylic acids is 1. The van der Waals surface area contributed by atoms with E-state index in [4.69, 9.17) is 5.11 Å². The summed E-state index contributed by atoms with van der Waals surface area (Å²) in [5.74, 6) is -0.280. The maximum atomic E-state index is 11.5. The maximum absolute atomic E-state index is 11.5. The number of sulfone groups is 1. The van der Waals surface area contributed by atoms with Crippen LogP contribution < -0.4 is 5.32 Å². The topological polar surface area (TPSA) is 96.4 Å². The van der Waals surface area contributed by atoms with Crippen LogP contribution >= 0.6 is 0 Å². The average molecular weight is 284 g/mol. The van der Waals surface area contributed by atoms with E-state index >= 15 is 0 Å². The zero-order valence-corrected chi connectivity index (χ0v) is 11.6. The van der Waals surface area contributed by atoms with Gasteiger partial charge < -0.3 is 10.4 Å². The molecule has 0 radical (unpaired) electrons. The quantitative estimate of drug-likeness (QED) is 0.862. The minimum atomic E-state index is -2.99. The molecule has 7 heteroatoms. The first kappa shape index (κ1) is 13.8. The van der Waals surface area contributed by atoms with Gasteiger partial charge in [0.1, 0.15) is 5.82 Å². The molecular formula is C12H16N2O4S. The highest BCUT2D eigenvalue weighted by Gasteiger charge is 2.38. The molecule has 0 amide bonds. The van der Waals surface area contributed by atoms with E-state index in [-0.39, 0.29) is 17.1 Å². The Morgan fingerprint density at radius 1 is 1.47 bits per heavy atom. The number of aromatic carboxylic acids is 1. The second-order valence-corrected chi connectivity index (χ2v) is 7.35. The summed E-state index contributed by atoms with van der Waals surface area (Å²) in [6.45, 7) is 3.45. The van der Waals surface area contributed by atoms with E-state index in [0.29, 0.717) is 17.9 Å². The lowest BCUT2D eigenvalue weighted by Gasteiger charge is -2.24. The minimum Gasteiger partial charge on any atom is -0.478 e. The van der Waals surface area contributed by atoms with Crippen LogP contribution in [0.4, 0.5) is 5.82 Å². The van der Waals surface area contributed by atoms with Gasteiger partial charge in [0.25, 0.3) is 0 Å². The molecule has 0 saturated carbocycles. The van der Waals surface area contributed by atoms with Crippen molar-refractivity contribution in [1.82, 2.24) is 4.98 Å². The van der Waals surface area contributed by atoms with E-state index in [1.807, 2.05) is 6.92 Å². The SMILES string of the molecule is Cc1nc(NC2(C)CCS(=O)(=O)C2)ccc1C(=O)O. The molecule has 0 spiro atoms. The van der Waals surface area contributed by atoms with Gasteiger partial charge in [0, 0.05) is 0 Å². The van der Waals surface area contributed by atoms with Crippen LogP contribution in [0, 0.1) is 6.92 Å². The number of carbonyl (C=O) groups is 1. The lowest BCUT2D eigenvalue weighted by molar-refractivity contribution is 0.0695. The number of aryl methyl sites for hydroxylation is 1. The monoisotopic (exact) mass is 284 g/mol. The smallest absolute Gasteiger partial charge is 0.337 e. The van der Waals surface area contributed by atoms with Crippen molar-refractivity contribution in [2.24, 2.45) is 0 Å². The van der Waals surface area contributed by atoms with Crippen molar-refractivity contribution in [3.63, 3.8) is 0 Å². The number of aromatic nitrogens is 1. The van der Waals surface area contributed by atoms with Gasteiger partial charge in [0.15, 0.2) is 9.84 Å². The van der Waals surface area contributed by atoms with Crippen molar-refractivity contribution in [1.29, 1.82) is 0 Å². The third-order valence-corrected chi connectivity index (χ3v) is 5.15. The van der Waals surface area contributed by atoms with Crippen LogP contribution in [-0.4, -0.2) is 41.5 Å². The first-order valence-electron chi connectivity index (χ1n) is 5.90. The van der Waals surface area contributed by atoms with Gasteiger partial charge in [0.05, 0.1) is 28.3 Å². The molecule has 19 heavy (non-hydrogen) atoms. The summed E-state index contributed by atoms with van der Waals surface area (Å²) in [6.07, 6.45) is 0.525. The molecule has 1 aromatic heterocycles. The number of rotatable bonds is 3. The summed E-state index contributed by atoms with van der Waals surface area (Å²) in [6, 6.07) is 3.03. The summed E-state index contributed by atoms with van der Waals surface area (Å²) in [7, 11) is -2.99. The Morgan fingerprint density at radius 3 is 2.63 bits per heavy atom. The van der Waals surface area contributed by atoms with Crippen molar-refractivity contribution in [3.05, 3.63) is 23.4 Å². The second-order valence-electron chi connectivity index (χ2n) is 5.16. The molecule has 1 unspecified atom stereocenters. The number of nitrogens with one attached hydrogen (secondary N) is 1. The molecule has 0 aromatic carbocycles. The predicted molar refractivity (Wildman–Crippen MR) is 71.2 cm³/mol. The molecule has 2 rings (SSSR count). The summed E-state index contributed by atoms with van der Waals surface area (Å²) in [5.41, 5.74) is 0.0138. The van der Waals surface area contributed by atoms with E-state index in [9.17, 15) is 13.2 Å². The Hall–Kier alpha value is -1.63. The molecule has 0 aliphatic carbocycles. The summed E-state index contributed by atoms with van der Waals surface area (Å²) in [5, 5.41) is 12.0. The molecule has 104 valence electrons. The van der Waals surface area contributed by atoms with Crippen molar-refractivity contribution >= 4 is 21.6 Å². The van der Waals surface area contributed by atoms with Gasteiger partial charge >= 0.3 is 5.97 Å². The zero-order chi connectivity index (χ0) is 14.3. The van der Waals surface area contributed by atoms with Crippen LogP contribution in [0.3, 0.4) is 0 Å². The Bertz CT molecular complexity index is 627. The fourth-order valence-electron chi connectivity index (χ4n) is 2.27. The fraction of sp³-hybridized carbons (Fsp3) is 0.500. The van der Waals surface area contributed by atoms with Gasteiger partial charge in [-0.15, -0.1) is 0 Å². The molecule has 1 atom stereocenters. The molecule has 0 bridgehead atoms. The van der Waals surface area contributed by atoms with Crippen LogP contribution in [0.5, 0.6) is 0 Å². The van der Waals surface area contributed by atoms with Crippen molar-refractivity contribution < 1.29 is 18.3 Å². The van der Waals surface area contributed by atoms with Gasteiger partial charge in [-0.3, -0.25) is 0 Å². The molecule has 1 saturated heterocycles. The highest BCUT2D eigenvalue weighted by Crippen LogP contribution is 2.27. The largest absolute Gasteiger partial charge is 0.478 e. The van der Waals surface area contributed by atoms with Crippen LogP contribution in [0.15, 0.2) is 12.1 Å². The summed E-state index contributed by atoms with van der Waals surface area (Å²) < 4.78 is 23.0. The van der Waals surface area contributed by atoms with Gasteiger partial charge in [-0.05, 0) is 32.4 Å². The third-order valence-electron chi connectivity index (χ3n) is 3.25. The lowest BCUT2D eigenvalue weighted by atomic mass is 10.0. The zero-order valence-electron chi connectivity index (χ0n) is 10.8. The summed E-state index contributed by atoms with van der Waals surface area (Å²) in [4.78, 5) is 15.1. The first-order chi connectivity index (χ1) is 8.71. The lowest BCUT2D eigenvalue weighted by Crippen LogP contribution is -2.36. The number of hydrogen-bond acceptors (Lipinski definition) is 5. The van der Waals surface area contributed by atoms with Crippen LogP contribution in [0.1, 0.15) is 29.4 Å². The molecule has 2 heterocycles. The van der Waals surface area contributed by atoms with Gasteiger partial charge in [0.2, 0.25) is 0 Å². The standard InChI is InChI=1S/C12H16N2O4S/c1-8-9(11(15)16)3-4-10(13-8)14-12(2)5-6-19(17,18)7-12/h3-4H,5-7H2,1-2H3,(H,13,14)(H,15,16). The Balaban J connectivity index is 2.21. The number of hydrogen-bond donors (Lipinski definition) is 2. The Kier molecular flexibility index (Phi) is 3.25. The molecule has 1 fully saturated rings. The molecule has 1 aromatic rings. The Morgan fingerprint density at radius 2 is 2.16 bits per heavy atom. The van der Waals surface area contributed by atoms with Crippen molar-refractivity contribution in [2.45, 2.75) is 25.8 Å². The maximum Gasteiger partial charge on any atom is 0.337 e. The van der Waals surface area contributed by atoms with Crippen LogP contribution in [-0.2, 0) is 9.84 Å². The normalized spacial score (nSPS) is 25.2. The number of carboxylic acid groups (broad SMARTS) is 1. The highest BCUT2D eigenvalue weighted by atomic mass is 32.2. The van der Waals surface area contributed by atoms with Crippen LogP contribution in [0.2, 0.25) is 0 Å².